The monoisotopic (exact) mass is 368 g/mol. The Morgan fingerprint density at radius 1 is 1.00 bits per heavy atom. The summed E-state index contributed by atoms with van der Waals surface area (Å²) in [5.41, 5.74) is 1.07. The van der Waals surface area contributed by atoms with Crippen molar-refractivity contribution in [1.29, 1.82) is 0 Å². The molecule has 0 N–H and O–H groups in total. The summed E-state index contributed by atoms with van der Waals surface area (Å²) >= 11 is 0. The summed E-state index contributed by atoms with van der Waals surface area (Å²) in [6.45, 7) is 1.48. The number of aryl methyl sites for hydroxylation is 1. The molecule has 0 unspecified atom stereocenters. The van der Waals surface area contributed by atoms with Crippen LogP contribution in [0.1, 0.15) is 15.9 Å². The minimum absolute atomic E-state index is 0.274. The van der Waals surface area contributed by atoms with Gasteiger partial charge in [0, 0.05) is 17.5 Å². The van der Waals surface area contributed by atoms with E-state index in [1.165, 1.54) is 37.4 Å². The van der Waals surface area contributed by atoms with E-state index in [2.05, 4.69) is 4.74 Å². The van der Waals surface area contributed by atoms with Crippen LogP contribution in [0.25, 0.3) is 11.0 Å². The average molecular weight is 368 g/mol. The number of hydrogen-bond donors (Lipinski definition) is 0. The SMILES string of the molecule is COC(=O)c1ccc(OC(=O)COc2ccc3c(C)cc(=O)oc3c2)cc1. The summed E-state index contributed by atoms with van der Waals surface area (Å²) in [6.07, 6.45) is 0. The number of benzene rings is 2. The number of esters is 2. The van der Waals surface area contributed by atoms with Gasteiger partial charge in [-0.25, -0.2) is 14.4 Å². The molecule has 27 heavy (non-hydrogen) atoms. The van der Waals surface area contributed by atoms with Crippen molar-refractivity contribution in [2.24, 2.45) is 0 Å². The molecule has 7 nitrogen and oxygen atoms in total. The van der Waals surface area contributed by atoms with Gasteiger partial charge in [-0.2, -0.15) is 0 Å². The van der Waals surface area contributed by atoms with Gasteiger partial charge in [0.15, 0.2) is 6.61 Å². The second-order valence-electron chi connectivity index (χ2n) is 5.69. The van der Waals surface area contributed by atoms with Gasteiger partial charge in [-0.3, -0.25) is 0 Å². The number of fused-ring (bicyclic) bond motifs is 1. The molecule has 7 heteroatoms. The predicted octanol–water partition coefficient (Wildman–Crippen LogP) is 2.87. The third kappa shape index (κ3) is 4.33. The maximum absolute atomic E-state index is 11.9. The highest BCUT2D eigenvalue weighted by Crippen LogP contribution is 2.22. The zero-order valence-corrected chi connectivity index (χ0v) is 14.7. The van der Waals surface area contributed by atoms with Crippen molar-refractivity contribution in [3.05, 3.63) is 70.1 Å². The van der Waals surface area contributed by atoms with Crippen LogP contribution < -0.4 is 15.1 Å². The van der Waals surface area contributed by atoms with Gasteiger partial charge in [-0.15, -0.1) is 0 Å². The first-order valence-corrected chi connectivity index (χ1v) is 8.02. The van der Waals surface area contributed by atoms with E-state index in [-0.39, 0.29) is 12.4 Å². The first kappa shape index (κ1) is 18.2. The molecule has 0 radical (unpaired) electrons. The molecule has 0 saturated heterocycles. The third-order valence-electron chi connectivity index (χ3n) is 3.79. The fourth-order valence-electron chi connectivity index (χ4n) is 2.48. The molecule has 3 aromatic rings. The zero-order chi connectivity index (χ0) is 19.4. The zero-order valence-electron chi connectivity index (χ0n) is 14.7. The van der Waals surface area contributed by atoms with E-state index in [0.717, 1.165) is 10.9 Å². The fraction of sp³-hybridized carbons (Fsp3) is 0.150. The lowest BCUT2D eigenvalue weighted by Crippen LogP contribution is -2.17. The van der Waals surface area contributed by atoms with Gasteiger partial charge in [-0.05, 0) is 48.9 Å². The lowest BCUT2D eigenvalue weighted by Gasteiger charge is -2.08. The smallest absolute Gasteiger partial charge is 0.349 e. The highest BCUT2D eigenvalue weighted by molar-refractivity contribution is 5.89. The van der Waals surface area contributed by atoms with Gasteiger partial charge >= 0.3 is 17.6 Å². The normalized spacial score (nSPS) is 10.4. The molecule has 1 aromatic heterocycles. The largest absolute Gasteiger partial charge is 0.482 e. The van der Waals surface area contributed by atoms with Crippen LogP contribution in [0.3, 0.4) is 0 Å². The Kier molecular flexibility index (Phi) is 5.21. The molecule has 0 atom stereocenters. The number of rotatable bonds is 5. The van der Waals surface area contributed by atoms with Crippen molar-refractivity contribution in [3.8, 4) is 11.5 Å². The molecule has 0 bridgehead atoms. The number of carbonyl (C=O) groups is 2. The predicted molar refractivity (Wildman–Crippen MR) is 96.1 cm³/mol. The molecule has 138 valence electrons. The summed E-state index contributed by atoms with van der Waals surface area (Å²) < 4.78 is 20.3. The molecule has 2 aromatic carbocycles. The molecular formula is C20H16O7. The Balaban J connectivity index is 1.63. The van der Waals surface area contributed by atoms with Crippen molar-refractivity contribution in [2.75, 3.05) is 13.7 Å². The van der Waals surface area contributed by atoms with Crippen molar-refractivity contribution in [1.82, 2.24) is 0 Å². The van der Waals surface area contributed by atoms with Gasteiger partial charge in [0.1, 0.15) is 17.1 Å². The molecular weight excluding hydrogens is 352 g/mol. The molecule has 3 rings (SSSR count). The standard InChI is InChI=1S/C20H16O7/c1-12-9-18(21)27-17-10-15(7-8-16(12)17)25-11-19(22)26-14-5-3-13(4-6-14)20(23)24-2/h3-10H,11H2,1-2H3. The molecule has 0 aliphatic rings. The molecule has 0 saturated carbocycles. The van der Waals surface area contributed by atoms with E-state index in [4.69, 9.17) is 13.9 Å². The fourth-order valence-corrected chi connectivity index (χ4v) is 2.48. The van der Waals surface area contributed by atoms with E-state index in [0.29, 0.717) is 16.9 Å². The van der Waals surface area contributed by atoms with Crippen LogP contribution in [0.4, 0.5) is 0 Å². The van der Waals surface area contributed by atoms with Gasteiger partial charge < -0.3 is 18.6 Å². The van der Waals surface area contributed by atoms with Gasteiger partial charge in [0.2, 0.25) is 0 Å². The molecule has 0 aliphatic carbocycles. The first-order valence-electron chi connectivity index (χ1n) is 8.02. The third-order valence-corrected chi connectivity index (χ3v) is 3.79. The summed E-state index contributed by atoms with van der Waals surface area (Å²) in [6, 6.07) is 12.3. The Hall–Kier alpha value is -3.61. The lowest BCUT2D eigenvalue weighted by molar-refractivity contribution is -0.136. The highest BCUT2D eigenvalue weighted by atomic mass is 16.6. The number of carbonyl (C=O) groups excluding carboxylic acids is 2. The van der Waals surface area contributed by atoms with Crippen molar-refractivity contribution < 1.29 is 28.2 Å². The van der Waals surface area contributed by atoms with Gasteiger partial charge in [-0.1, -0.05) is 0 Å². The number of hydrogen-bond acceptors (Lipinski definition) is 7. The summed E-state index contributed by atoms with van der Waals surface area (Å²) in [4.78, 5) is 34.7. The van der Waals surface area contributed by atoms with Crippen LogP contribution in [0.5, 0.6) is 11.5 Å². The average Bonchev–Trinajstić information content (AvgIpc) is 2.66. The molecule has 0 aliphatic heterocycles. The maximum Gasteiger partial charge on any atom is 0.349 e. The van der Waals surface area contributed by atoms with Crippen molar-refractivity contribution >= 4 is 22.9 Å². The van der Waals surface area contributed by atoms with E-state index in [1.54, 1.807) is 18.2 Å². The van der Waals surface area contributed by atoms with E-state index < -0.39 is 17.6 Å². The Bertz CT molecular complexity index is 1050. The van der Waals surface area contributed by atoms with Crippen LogP contribution in [0.15, 0.2) is 57.7 Å². The van der Waals surface area contributed by atoms with Crippen LogP contribution in [-0.2, 0) is 9.53 Å². The van der Waals surface area contributed by atoms with Crippen LogP contribution in [0.2, 0.25) is 0 Å². The highest BCUT2D eigenvalue weighted by Gasteiger charge is 2.10. The quantitative estimate of drug-likeness (QED) is 0.388. The first-order chi connectivity index (χ1) is 13.0. The Labute approximate surface area is 154 Å². The number of methoxy groups -OCH3 is 1. The topological polar surface area (TPSA) is 92.0 Å². The molecule has 0 fully saturated rings. The summed E-state index contributed by atoms with van der Waals surface area (Å²) in [5.74, 6) is -0.452. The van der Waals surface area contributed by atoms with Crippen molar-refractivity contribution in [3.63, 3.8) is 0 Å². The number of ether oxygens (including phenoxy) is 3. The summed E-state index contributed by atoms with van der Waals surface area (Å²) in [5, 5.41) is 0.787. The van der Waals surface area contributed by atoms with Crippen LogP contribution in [-0.4, -0.2) is 25.7 Å². The molecule has 1 heterocycles. The van der Waals surface area contributed by atoms with E-state index >= 15 is 0 Å². The van der Waals surface area contributed by atoms with Gasteiger partial charge in [0.25, 0.3) is 0 Å². The minimum atomic E-state index is -0.619. The Morgan fingerprint density at radius 2 is 1.70 bits per heavy atom. The van der Waals surface area contributed by atoms with E-state index in [1.807, 2.05) is 6.92 Å². The van der Waals surface area contributed by atoms with Gasteiger partial charge in [0.05, 0.1) is 12.7 Å². The lowest BCUT2D eigenvalue weighted by atomic mass is 10.1. The molecule has 0 amide bonds. The van der Waals surface area contributed by atoms with E-state index in [9.17, 15) is 14.4 Å². The Morgan fingerprint density at radius 3 is 2.41 bits per heavy atom. The second kappa shape index (κ2) is 7.74. The molecule has 0 spiro atoms. The minimum Gasteiger partial charge on any atom is -0.482 e. The van der Waals surface area contributed by atoms with Crippen LogP contribution in [0, 0.1) is 6.92 Å². The summed E-state index contributed by atoms with van der Waals surface area (Å²) in [7, 11) is 1.28. The van der Waals surface area contributed by atoms with Crippen LogP contribution >= 0.6 is 0 Å². The van der Waals surface area contributed by atoms with Crippen molar-refractivity contribution in [2.45, 2.75) is 6.92 Å². The second-order valence-corrected chi connectivity index (χ2v) is 5.69. The maximum atomic E-state index is 11.9.